The molecule has 0 unspecified atom stereocenters. The highest BCUT2D eigenvalue weighted by molar-refractivity contribution is 7.80. The Kier molecular flexibility index (Phi) is 9.08. The van der Waals surface area contributed by atoms with Crippen molar-refractivity contribution in [3.63, 3.8) is 0 Å². The van der Waals surface area contributed by atoms with Crippen LogP contribution in [0.5, 0.6) is 5.75 Å². The van der Waals surface area contributed by atoms with Crippen molar-refractivity contribution >= 4 is 55.9 Å². The van der Waals surface area contributed by atoms with E-state index in [1.54, 1.807) is 12.1 Å². The van der Waals surface area contributed by atoms with E-state index in [-0.39, 0.29) is 25.5 Å². The maximum absolute atomic E-state index is 13.2. The first-order chi connectivity index (χ1) is 19.8. The molecule has 41 heavy (non-hydrogen) atoms. The summed E-state index contributed by atoms with van der Waals surface area (Å²) in [7, 11) is -4.47. The van der Waals surface area contributed by atoms with Gasteiger partial charge in [0.05, 0.1) is 22.7 Å². The van der Waals surface area contributed by atoms with Crippen LogP contribution in [0.3, 0.4) is 0 Å². The van der Waals surface area contributed by atoms with Gasteiger partial charge in [0.15, 0.2) is 5.78 Å². The second-order valence-corrected chi connectivity index (χ2v) is 11.7. The predicted octanol–water partition coefficient (Wildman–Crippen LogP) is 5.85. The van der Waals surface area contributed by atoms with Crippen molar-refractivity contribution in [3.05, 3.63) is 64.5 Å². The zero-order valence-corrected chi connectivity index (χ0v) is 24.2. The summed E-state index contributed by atoms with van der Waals surface area (Å²) in [6, 6.07) is 14.6. The number of likely N-dealkylation sites (N-methyl/N-ethyl adjacent to an activating group) is 1. The number of nitrogens with zero attached hydrogens (tertiary/aromatic N) is 5. The number of piperidine rings is 1. The molecule has 3 aromatic rings. The number of carbonyl (C=O) groups is 1. The predicted molar refractivity (Wildman–Crippen MR) is 158 cm³/mol. The van der Waals surface area contributed by atoms with Gasteiger partial charge >= 0.3 is 10.4 Å². The molecule has 2 aliphatic rings. The minimum atomic E-state index is -4.47. The zero-order chi connectivity index (χ0) is 28.8. The number of benzene rings is 2. The highest BCUT2D eigenvalue weighted by Crippen LogP contribution is 2.37. The lowest BCUT2D eigenvalue weighted by Crippen LogP contribution is -2.30. The molecule has 0 radical (unpaired) electrons. The number of fused-ring (bicyclic) bond motifs is 1. The number of para-hydroxylation sites is 1. The maximum Gasteiger partial charge on any atom is 0.397 e. The third kappa shape index (κ3) is 7.36. The van der Waals surface area contributed by atoms with Gasteiger partial charge in [0.1, 0.15) is 18.2 Å². The second kappa shape index (κ2) is 12.9. The first-order valence-electron chi connectivity index (χ1n) is 13.4. The Morgan fingerprint density at radius 2 is 1.88 bits per heavy atom. The van der Waals surface area contributed by atoms with Gasteiger partial charge in [0.25, 0.3) is 0 Å². The molecule has 11 nitrogen and oxygen atoms in total. The number of ketones is 1. The first kappa shape index (κ1) is 28.9. The molecule has 216 valence electrons. The Hall–Kier alpha value is -3.65. The Morgan fingerprint density at radius 1 is 1.12 bits per heavy atom. The number of Topliss-reactive ketones (excluding diaryl/α,β-unsaturated/α-hetero) is 1. The van der Waals surface area contributed by atoms with E-state index in [1.165, 1.54) is 17.8 Å². The molecule has 0 atom stereocenters. The lowest BCUT2D eigenvalue weighted by Gasteiger charge is -2.27. The SMILES string of the molecule is CCN(CCOS(=O)(=O)O)c1ccc(/N=N/c2nc(N3CCCCC3)c(/C=C3/COc4ccccc4C3=O)s2)cc1. The fourth-order valence-electron chi connectivity index (χ4n) is 4.77. The van der Waals surface area contributed by atoms with Crippen LogP contribution in [0.15, 0.2) is 64.3 Å². The van der Waals surface area contributed by atoms with Crippen LogP contribution in [0.25, 0.3) is 6.08 Å². The summed E-state index contributed by atoms with van der Waals surface area (Å²) in [5.74, 6) is 1.37. The molecule has 3 heterocycles. The van der Waals surface area contributed by atoms with Crippen LogP contribution in [0.1, 0.15) is 41.4 Å². The number of azo groups is 1. The average Bonchev–Trinajstić information content (AvgIpc) is 3.39. The number of aromatic nitrogens is 1. The summed E-state index contributed by atoms with van der Waals surface area (Å²) in [6.45, 7) is 4.66. The van der Waals surface area contributed by atoms with Crippen molar-refractivity contribution in [2.75, 3.05) is 49.2 Å². The van der Waals surface area contributed by atoms with Crippen LogP contribution in [-0.2, 0) is 14.6 Å². The van der Waals surface area contributed by atoms with Crippen molar-refractivity contribution in [2.24, 2.45) is 10.2 Å². The van der Waals surface area contributed by atoms with Gasteiger partial charge in [-0.05, 0) is 68.7 Å². The zero-order valence-electron chi connectivity index (χ0n) is 22.6. The molecule has 2 aliphatic heterocycles. The molecule has 1 fully saturated rings. The van der Waals surface area contributed by atoms with Crippen LogP contribution in [-0.4, -0.2) is 63.1 Å². The molecule has 0 spiro atoms. The lowest BCUT2D eigenvalue weighted by atomic mass is 10.00. The van der Waals surface area contributed by atoms with E-state index in [0.29, 0.717) is 34.2 Å². The molecule has 5 rings (SSSR count). The summed E-state index contributed by atoms with van der Waals surface area (Å²) in [5.41, 5.74) is 2.61. The highest BCUT2D eigenvalue weighted by atomic mass is 32.3. The van der Waals surface area contributed by atoms with E-state index in [1.807, 2.05) is 54.3 Å². The molecule has 1 N–H and O–H groups in total. The number of rotatable bonds is 10. The number of ether oxygens (including phenoxy) is 1. The third-order valence-corrected chi connectivity index (χ3v) is 8.17. The van der Waals surface area contributed by atoms with Gasteiger partial charge < -0.3 is 14.5 Å². The molecular weight excluding hydrogens is 566 g/mol. The van der Waals surface area contributed by atoms with Crippen LogP contribution in [0.2, 0.25) is 0 Å². The van der Waals surface area contributed by atoms with Crippen molar-refractivity contribution in [3.8, 4) is 5.75 Å². The van der Waals surface area contributed by atoms with Gasteiger partial charge in [-0.2, -0.15) is 13.4 Å². The lowest BCUT2D eigenvalue weighted by molar-refractivity contribution is 0.100. The quantitative estimate of drug-likeness (QED) is 0.173. The molecule has 2 aromatic carbocycles. The van der Waals surface area contributed by atoms with E-state index in [9.17, 15) is 13.2 Å². The van der Waals surface area contributed by atoms with Crippen LogP contribution >= 0.6 is 11.3 Å². The summed E-state index contributed by atoms with van der Waals surface area (Å²) in [4.78, 5) is 23.0. The van der Waals surface area contributed by atoms with Crippen molar-refractivity contribution < 1.29 is 26.7 Å². The van der Waals surface area contributed by atoms with E-state index in [2.05, 4.69) is 19.3 Å². The normalized spacial score (nSPS) is 16.7. The van der Waals surface area contributed by atoms with Crippen LogP contribution in [0, 0.1) is 0 Å². The fraction of sp³-hybridized carbons (Fsp3) is 0.357. The van der Waals surface area contributed by atoms with Gasteiger partial charge in [-0.1, -0.05) is 23.5 Å². The first-order valence-corrected chi connectivity index (χ1v) is 15.6. The van der Waals surface area contributed by atoms with Crippen LogP contribution < -0.4 is 14.5 Å². The Labute approximate surface area is 243 Å². The van der Waals surface area contributed by atoms with E-state index in [4.69, 9.17) is 14.3 Å². The average molecular weight is 598 g/mol. The molecule has 1 saturated heterocycles. The number of hydrogen-bond donors (Lipinski definition) is 1. The number of hydrogen-bond acceptors (Lipinski definition) is 11. The number of thiazole rings is 1. The maximum atomic E-state index is 13.2. The largest absolute Gasteiger partial charge is 0.488 e. The summed E-state index contributed by atoms with van der Waals surface area (Å²) < 4.78 is 40.6. The molecule has 13 heteroatoms. The number of anilines is 2. The topological polar surface area (TPSA) is 134 Å². The Bertz CT molecular complexity index is 1550. The molecule has 0 aliphatic carbocycles. The van der Waals surface area contributed by atoms with E-state index < -0.39 is 10.4 Å². The number of carbonyl (C=O) groups excluding carboxylic acids is 1. The molecular formula is C28H31N5O6S2. The van der Waals surface area contributed by atoms with Crippen molar-refractivity contribution in [1.29, 1.82) is 0 Å². The standard InChI is InChI=1S/C28H31N5O6S2/c1-2-32(16-17-39-41(35,36)37)22-12-10-21(11-13-22)30-31-28-29-27(33-14-6-3-7-15-33)25(40-28)18-20-19-38-24-9-5-4-8-23(24)26(20)34/h4-5,8-13,18H,2-3,6-7,14-17,19H2,1H3,(H,35,36,37)/b20-18-,31-30+. The van der Waals surface area contributed by atoms with Gasteiger partial charge in [0, 0.05) is 37.4 Å². The van der Waals surface area contributed by atoms with Gasteiger partial charge in [0.2, 0.25) is 5.13 Å². The third-order valence-electron chi connectivity index (χ3n) is 6.83. The minimum absolute atomic E-state index is 0.0428. The fourth-order valence-corrected chi connectivity index (χ4v) is 5.94. The van der Waals surface area contributed by atoms with Crippen molar-refractivity contribution in [2.45, 2.75) is 26.2 Å². The monoisotopic (exact) mass is 597 g/mol. The molecule has 0 saturated carbocycles. The second-order valence-electron chi connectivity index (χ2n) is 9.56. The summed E-state index contributed by atoms with van der Waals surface area (Å²) >= 11 is 1.38. The molecule has 0 amide bonds. The Morgan fingerprint density at radius 3 is 2.61 bits per heavy atom. The van der Waals surface area contributed by atoms with Gasteiger partial charge in [-0.25, -0.2) is 4.18 Å². The van der Waals surface area contributed by atoms with E-state index in [0.717, 1.165) is 42.3 Å². The van der Waals surface area contributed by atoms with E-state index >= 15 is 0 Å². The highest BCUT2D eigenvalue weighted by Gasteiger charge is 2.25. The summed E-state index contributed by atoms with van der Waals surface area (Å²) in [6.07, 6.45) is 5.23. The van der Waals surface area contributed by atoms with Gasteiger partial charge in [-0.3, -0.25) is 9.35 Å². The van der Waals surface area contributed by atoms with Crippen molar-refractivity contribution in [1.82, 2.24) is 4.98 Å². The van der Waals surface area contributed by atoms with Crippen LogP contribution in [0.4, 0.5) is 22.3 Å². The summed E-state index contributed by atoms with van der Waals surface area (Å²) in [5, 5.41) is 9.27. The smallest absolute Gasteiger partial charge is 0.397 e. The Balaban J connectivity index is 1.34. The molecule has 1 aromatic heterocycles. The molecule has 0 bridgehead atoms. The minimum Gasteiger partial charge on any atom is -0.488 e. The van der Waals surface area contributed by atoms with Gasteiger partial charge in [-0.15, -0.1) is 10.2 Å².